The molecule has 8 heteroatoms. The lowest BCUT2D eigenvalue weighted by Crippen LogP contribution is -2.35. The predicted molar refractivity (Wildman–Crippen MR) is 71.8 cm³/mol. The molecule has 0 unspecified atom stereocenters. The number of nitrogens with zero attached hydrogens (tertiary/aromatic N) is 1. The summed E-state index contributed by atoms with van der Waals surface area (Å²) in [5, 5.41) is 8.73. The van der Waals surface area contributed by atoms with Crippen molar-refractivity contribution >= 4 is 21.9 Å². The Morgan fingerprint density at radius 2 is 1.95 bits per heavy atom. The number of carboxylic acids is 1. The number of primary amides is 1. The molecule has 0 heterocycles. The molecule has 0 saturated carbocycles. The molecule has 0 aliphatic rings. The Balaban J connectivity index is 3.31. The summed E-state index contributed by atoms with van der Waals surface area (Å²) in [6.07, 6.45) is 0. The first-order valence-corrected chi connectivity index (χ1v) is 7.26. The smallest absolute Gasteiger partial charge is 0.318 e. The van der Waals surface area contributed by atoms with E-state index in [9.17, 15) is 18.0 Å². The minimum atomic E-state index is -3.97. The number of sulfonamides is 1. The molecule has 0 radical (unpaired) electrons. The van der Waals surface area contributed by atoms with Crippen molar-refractivity contribution in [2.45, 2.75) is 18.7 Å². The highest BCUT2D eigenvalue weighted by Gasteiger charge is 2.26. The van der Waals surface area contributed by atoms with E-state index in [1.54, 1.807) is 6.92 Å². The molecule has 0 fully saturated rings. The first-order chi connectivity index (χ1) is 9.20. The summed E-state index contributed by atoms with van der Waals surface area (Å²) in [4.78, 5) is 21.8. The van der Waals surface area contributed by atoms with E-state index in [1.807, 2.05) is 0 Å². The topological polar surface area (TPSA) is 118 Å². The Morgan fingerprint density at radius 1 is 1.35 bits per heavy atom. The van der Waals surface area contributed by atoms with E-state index in [0.29, 0.717) is 5.56 Å². The van der Waals surface area contributed by atoms with Crippen molar-refractivity contribution in [2.75, 3.05) is 13.1 Å². The van der Waals surface area contributed by atoms with Crippen molar-refractivity contribution in [3.8, 4) is 0 Å². The molecule has 0 aliphatic heterocycles. The average Bonchev–Trinajstić information content (AvgIpc) is 2.35. The normalized spacial score (nSPS) is 11.6. The third kappa shape index (κ3) is 3.34. The Bertz CT molecular complexity index is 639. The summed E-state index contributed by atoms with van der Waals surface area (Å²) in [6.45, 7) is 2.53. The number of likely N-dealkylation sites (N-methyl/N-ethyl adjacent to an activating group) is 1. The van der Waals surface area contributed by atoms with Crippen LogP contribution in [0, 0.1) is 6.92 Å². The van der Waals surface area contributed by atoms with E-state index >= 15 is 0 Å². The molecule has 110 valence electrons. The number of hydrogen-bond acceptors (Lipinski definition) is 4. The van der Waals surface area contributed by atoms with Crippen molar-refractivity contribution in [1.82, 2.24) is 4.31 Å². The van der Waals surface area contributed by atoms with Crippen LogP contribution in [0.4, 0.5) is 0 Å². The van der Waals surface area contributed by atoms with E-state index in [-0.39, 0.29) is 17.0 Å². The van der Waals surface area contributed by atoms with Crippen LogP contribution in [0.1, 0.15) is 22.8 Å². The van der Waals surface area contributed by atoms with E-state index < -0.39 is 28.4 Å². The molecule has 1 aromatic rings. The maximum atomic E-state index is 12.3. The molecule has 0 saturated heterocycles. The lowest BCUT2D eigenvalue weighted by Gasteiger charge is -2.19. The van der Waals surface area contributed by atoms with Gasteiger partial charge in [-0.25, -0.2) is 8.42 Å². The highest BCUT2D eigenvalue weighted by Crippen LogP contribution is 2.19. The van der Waals surface area contributed by atoms with Crippen LogP contribution in [-0.2, 0) is 14.8 Å². The summed E-state index contributed by atoms with van der Waals surface area (Å²) >= 11 is 0. The van der Waals surface area contributed by atoms with Crippen LogP contribution < -0.4 is 5.73 Å². The van der Waals surface area contributed by atoms with Crippen LogP contribution in [0.3, 0.4) is 0 Å². The van der Waals surface area contributed by atoms with Crippen molar-refractivity contribution in [3.63, 3.8) is 0 Å². The van der Waals surface area contributed by atoms with Crippen molar-refractivity contribution in [1.29, 1.82) is 0 Å². The van der Waals surface area contributed by atoms with Gasteiger partial charge in [-0.05, 0) is 24.6 Å². The number of rotatable bonds is 6. The second kappa shape index (κ2) is 6.02. The van der Waals surface area contributed by atoms with E-state index in [1.165, 1.54) is 19.1 Å². The molecule has 0 aliphatic carbocycles. The van der Waals surface area contributed by atoms with Crippen molar-refractivity contribution in [2.24, 2.45) is 5.73 Å². The maximum Gasteiger partial charge on any atom is 0.318 e. The largest absolute Gasteiger partial charge is 0.480 e. The zero-order valence-corrected chi connectivity index (χ0v) is 12.0. The lowest BCUT2D eigenvalue weighted by atomic mass is 10.1. The molecule has 0 atom stereocenters. The van der Waals surface area contributed by atoms with Crippen LogP contribution in [0.5, 0.6) is 0 Å². The number of benzene rings is 1. The number of hydrogen-bond donors (Lipinski definition) is 2. The number of aliphatic carboxylic acids is 1. The third-order valence-electron chi connectivity index (χ3n) is 2.78. The molecule has 1 rings (SSSR count). The second-order valence-corrected chi connectivity index (χ2v) is 6.10. The molecule has 1 amide bonds. The monoisotopic (exact) mass is 300 g/mol. The van der Waals surface area contributed by atoms with Crippen molar-refractivity contribution in [3.05, 3.63) is 29.3 Å². The summed E-state index contributed by atoms with van der Waals surface area (Å²) in [7, 11) is -3.97. The van der Waals surface area contributed by atoms with Crippen LogP contribution >= 0.6 is 0 Å². The SMILES string of the molecule is CCN(CC(=O)O)S(=O)(=O)c1ccc(C)c(C(N)=O)c1. The number of carbonyl (C=O) groups excluding carboxylic acids is 1. The molecule has 0 aromatic heterocycles. The number of nitrogens with two attached hydrogens (primary N) is 1. The average molecular weight is 300 g/mol. The van der Waals surface area contributed by atoms with Gasteiger partial charge in [0.1, 0.15) is 6.54 Å². The molecule has 1 aromatic carbocycles. The van der Waals surface area contributed by atoms with E-state index in [0.717, 1.165) is 10.4 Å². The Morgan fingerprint density at radius 3 is 2.40 bits per heavy atom. The number of amides is 1. The van der Waals surface area contributed by atoms with Crippen LogP contribution in [0.25, 0.3) is 0 Å². The van der Waals surface area contributed by atoms with Gasteiger partial charge in [0.05, 0.1) is 4.90 Å². The van der Waals surface area contributed by atoms with Crippen LogP contribution in [0.15, 0.2) is 23.1 Å². The van der Waals surface area contributed by atoms with Crippen LogP contribution in [0.2, 0.25) is 0 Å². The predicted octanol–water partition coefficient (Wildman–Crippen LogP) is 0.189. The van der Waals surface area contributed by atoms with Gasteiger partial charge in [-0.1, -0.05) is 13.0 Å². The summed E-state index contributed by atoms with van der Waals surface area (Å²) in [6, 6.07) is 3.95. The highest BCUT2D eigenvalue weighted by molar-refractivity contribution is 7.89. The standard InChI is InChI=1S/C12H16N2O5S/c1-3-14(7-11(15)16)20(18,19)9-5-4-8(2)10(6-9)12(13)17/h4-6H,3,7H2,1-2H3,(H2,13,17)(H,15,16). The fourth-order valence-electron chi connectivity index (χ4n) is 1.69. The highest BCUT2D eigenvalue weighted by atomic mass is 32.2. The van der Waals surface area contributed by atoms with Gasteiger partial charge in [-0.2, -0.15) is 4.31 Å². The van der Waals surface area contributed by atoms with Gasteiger partial charge >= 0.3 is 5.97 Å². The molecule has 20 heavy (non-hydrogen) atoms. The minimum Gasteiger partial charge on any atom is -0.480 e. The molecule has 0 spiro atoms. The number of carboxylic acid groups (broad SMARTS) is 1. The Labute approximate surface area is 117 Å². The summed E-state index contributed by atoms with van der Waals surface area (Å²) in [5.74, 6) is -1.99. The van der Waals surface area contributed by atoms with Gasteiger partial charge in [0, 0.05) is 12.1 Å². The summed E-state index contributed by atoms with van der Waals surface area (Å²) in [5.41, 5.74) is 5.82. The van der Waals surface area contributed by atoms with Gasteiger partial charge in [-0.3, -0.25) is 9.59 Å². The first-order valence-electron chi connectivity index (χ1n) is 5.82. The second-order valence-electron chi connectivity index (χ2n) is 4.17. The zero-order chi connectivity index (χ0) is 15.5. The fraction of sp³-hybridized carbons (Fsp3) is 0.333. The van der Waals surface area contributed by atoms with Crippen LogP contribution in [-0.4, -0.2) is 42.8 Å². The van der Waals surface area contributed by atoms with E-state index in [4.69, 9.17) is 10.8 Å². The number of carbonyl (C=O) groups is 2. The molecule has 7 nitrogen and oxygen atoms in total. The third-order valence-corrected chi connectivity index (χ3v) is 4.69. The molecule has 0 bridgehead atoms. The van der Waals surface area contributed by atoms with Crippen molar-refractivity contribution < 1.29 is 23.1 Å². The Hall–Kier alpha value is -1.93. The van der Waals surface area contributed by atoms with Gasteiger partial charge in [0.2, 0.25) is 15.9 Å². The first kappa shape index (κ1) is 16.1. The zero-order valence-electron chi connectivity index (χ0n) is 11.2. The molecule has 3 N–H and O–H groups in total. The van der Waals surface area contributed by atoms with Gasteiger partial charge < -0.3 is 10.8 Å². The molecular weight excluding hydrogens is 284 g/mol. The van der Waals surface area contributed by atoms with Gasteiger partial charge in [0.25, 0.3) is 0 Å². The Kier molecular flexibility index (Phi) is 4.85. The summed E-state index contributed by atoms with van der Waals surface area (Å²) < 4.78 is 25.4. The quantitative estimate of drug-likeness (QED) is 0.777. The number of aryl methyl sites for hydroxylation is 1. The van der Waals surface area contributed by atoms with Gasteiger partial charge in [-0.15, -0.1) is 0 Å². The fourth-order valence-corrected chi connectivity index (χ4v) is 3.12. The molecular formula is C12H16N2O5S. The maximum absolute atomic E-state index is 12.3. The lowest BCUT2D eigenvalue weighted by molar-refractivity contribution is -0.137. The minimum absolute atomic E-state index is 0.00835. The van der Waals surface area contributed by atoms with E-state index in [2.05, 4.69) is 0 Å². The van der Waals surface area contributed by atoms with Gasteiger partial charge in [0.15, 0.2) is 0 Å².